The van der Waals surface area contributed by atoms with E-state index in [1.807, 2.05) is 24.3 Å². The normalized spacial score (nSPS) is 9.88. The predicted molar refractivity (Wildman–Crippen MR) is 70.9 cm³/mol. The van der Waals surface area contributed by atoms with E-state index in [1.54, 1.807) is 17.8 Å². The summed E-state index contributed by atoms with van der Waals surface area (Å²) in [5.74, 6) is 0. The molecule has 0 aromatic heterocycles. The van der Waals surface area contributed by atoms with Gasteiger partial charge in [-0.15, -0.1) is 0 Å². The van der Waals surface area contributed by atoms with Crippen molar-refractivity contribution in [3.8, 4) is 6.07 Å². The van der Waals surface area contributed by atoms with Crippen molar-refractivity contribution in [3.05, 3.63) is 53.6 Å². The van der Waals surface area contributed by atoms with Crippen molar-refractivity contribution in [1.82, 2.24) is 0 Å². The van der Waals surface area contributed by atoms with Gasteiger partial charge in [-0.2, -0.15) is 5.26 Å². The molecule has 0 aliphatic heterocycles. The Balaban J connectivity index is 2.32. The molecular formula is C14H12N2S. The summed E-state index contributed by atoms with van der Waals surface area (Å²) in [7, 11) is 0. The van der Waals surface area contributed by atoms with Crippen LogP contribution in [0.2, 0.25) is 0 Å². The fraction of sp³-hybridized carbons (Fsp3) is 0.0714. The van der Waals surface area contributed by atoms with E-state index < -0.39 is 0 Å². The summed E-state index contributed by atoms with van der Waals surface area (Å²) in [5, 5.41) is 8.92. The molecule has 17 heavy (non-hydrogen) atoms. The minimum absolute atomic E-state index is 0.529. The predicted octanol–water partition coefficient (Wildman–Crippen LogP) is 3.60. The van der Waals surface area contributed by atoms with Crippen LogP contribution in [-0.2, 0) is 0 Å². The first-order chi connectivity index (χ1) is 8.20. The highest BCUT2D eigenvalue weighted by molar-refractivity contribution is 7.99. The Bertz CT molecular complexity index is 585. The zero-order valence-corrected chi connectivity index (χ0v) is 10.3. The molecule has 0 heterocycles. The van der Waals surface area contributed by atoms with Gasteiger partial charge < -0.3 is 5.73 Å². The topological polar surface area (TPSA) is 49.8 Å². The molecule has 0 aliphatic carbocycles. The van der Waals surface area contributed by atoms with Crippen LogP contribution < -0.4 is 5.73 Å². The first-order valence-electron chi connectivity index (χ1n) is 5.24. The van der Waals surface area contributed by atoms with Gasteiger partial charge in [0.2, 0.25) is 0 Å². The molecule has 0 fully saturated rings. The Morgan fingerprint density at radius 1 is 1.18 bits per heavy atom. The number of rotatable bonds is 2. The quantitative estimate of drug-likeness (QED) is 0.816. The molecule has 0 atom stereocenters. The first-order valence-corrected chi connectivity index (χ1v) is 6.05. The lowest BCUT2D eigenvalue weighted by atomic mass is 10.2. The van der Waals surface area contributed by atoms with Gasteiger partial charge in [-0.3, -0.25) is 0 Å². The van der Waals surface area contributed by atoms with Crippen molar-refractivity contribution in [2.45, 2.75) is 16.7 Å². The van der Waals surface area contributed by atoms with E-state index in [0.717, 1.165) is 4.90 Å². The fourth-order valence-corrected chi connectivity index (χ4v) is 2.44. The summed E-state index contributed by atoms with van der Waals surface area (Å²) in [6.07, 6.45) is 0. The van der Waals surface area contributed by atoms with Gasteiger partial charge in [0.05, 0.1) is 5.56 Å². The smallest absolute Gasteiger partial charge is 0.101 e. The van der Waals surface area contributed by atoms with E-state index in [1.165, 1.54) is 10.5 Å². The van der Waals surface area contributed by atoms with Crippen LogP contribution in [0.4, 0.5) is 5.69 Å². The second-order valence-corrected chi connectivity index (χ2v) is 4.84. The third kappa shape index (κ3) is 2.61. The van der Waals surface area contributed by atoms with E-state index in [-0.39, 0.29) is 0 Å². The third-order valence-electron chi connectivity index (χ3n) is 2.47. The second-order valence-electron chi connectivity index (χ2n) is 3.73. The molecule has 0 bridgehead atoms. The Hall–Kier alpha value is -1.92. The SMILES string of the molecule is Cc1ccccc1Sc1ccc(N)c(C#N)c1. The summed E-state index contributed by atoms with van der Waals surface area (Å²) in [4.78, 5) is 2.23. The number of nitriles is 1. The molecule has 0 radical (unpaired) electrons. The maximum Gasteiger partial charge on any atom is 0.101 e. The molecule has 84 valence electrons. The van der Waals surface area contributed by atoms with E-state index >= 15 is 0 Å². The number of nitrogens with zero attached hydrogens (tertiary/aromatic N) is 1. The first kappa shape index (κ1) is 11.6. The molecule has 2 aromatic carbocycles. The highest BCUT2D eigenvalue weighted by Crippen LogP contribution is 2.31. The van der Waals surface area contributed by atoms with Crippen molar-refractivity contribution >= 4 is 17.4 Å². The van der Waals surface area contributed by atoms with Crippen LogP contribution >= 0.6 is 11.8 Å². The van der Waals surface area contributed by atoms with Crippen molar-refractivity contribution in [3.63, 3.8) is 0 Å². The molecule has 3 heteroatoms. The standard InChI is InChI=1S/C14H12N2S/c1-10-4-2-3-5-14(10)17-12-6-7-13(16)11(8-12)9-15/h2-8H,16H2,1H3. The molecule has 0 amide bonds. The van der Waals surface area contributed by atoms with Gasteiger partial charge in [-0.05, 0) is 36.8 Å². The molecular weight excluding hydrogens is 228 g/mol. The number of anilines is 1. The summed E-state index contributed by atoms with van der Waals surface area (Å²) >= 11 is 1.65. The number of benzene rings is 2. The van der Waals surface area contributed by atoms with E-state index in [0.29, 0.717) is 11.3 Å². The van der Waals surface area contributed by atoms with E-state index in [2.05, 4.69) is 25.1 Å². The van der Waals surface area contributed by atoms with Gasteiger partial charge >= 0.3 is 0 Å². The lowest BCUT2D eigenvalue weighted by Crippen LogP contribution is -1.90. The zero-order valence-electron chi connectivity index (χ0n) is 9.47. The van der Waals surface area contributed by atoms with Crippen LogP contribution in [-0.4, -0.2) is 0 Å². The van der Waals surface area contributed by atoms with Gasteiger partial charge in [-0.1, -0.05) is 30.0 Å². The molecule has 0 saturated carbocycles. The highest BCUT2D eigenvalue weighted by Gasteiger charge is 2.03. The van der Waals surface area contributed by atoms with E-state index in [4.69, 9.17) is 11.0 Å². The Labute approximate surface area is 105 Å². The number of nitrogens with two attached hydrogens (primary N) is 1. The van der Waals surface area contributed by atoms with Crippen molar-refractivity contribution < 1.29 is 0 Å². The molecule has 2 N–H and O–H groups in total. The van der Waals surface area contributed by atoms with Crippen molar-refractivity contribution in [1.29, 1.82) is 5.26 Å². The van der Waals surface area contributed by atoms with Gasteiger partial charge in [0.15, 0.2) is 0 Å². The summed E-state index contributed by atoms with van der Waals surface area (Å²) in [6.45, 7) is 2.07. The van der Waals surface area contributed by atoms with E-state index in [9.17, 15) is 0 Å². The maximum absolute atomic E-state index is 8.92. The molecule has 2 nitrogen and oxygen atoms in total. The maximum atomic E-state index is 8.92. The molecule has 0 saturated heterocycles. The fourth-order valence-electron chi connectivity index (χ4n) is 1.49. The van der Waals surface area contributed by atoms with Crippen LogP contribution in [0.3, 0.4) is 0 Å². The Kier molecular flexibility index (Phi) is 3.36. The Morgan fingerprint density at radius 3 is 2.65 bits per heavy atom. The van der Waals surface area contributed by atoms with Gasteiger partial charge in [0.25, 0.3) is 0 Å². The molecule has 0 unspecified atom stereocenters. The van der Waals surface area contributed by atoms with Crippen LogP contribution in [0.15, 0.2) is 52.3 Å². The second kappa shape index (κ2) is 4.94. The number of aryl methyl sites for hydroxylation is 1. The van der Waals surface area contributed by atoms with Crippen LogP contribution in [0.5, 0.6) is 0 Å². The summed E-state index contributed by atoms with van der Waals surface area (Å²) in [5.41, 5.74) is 7.98. The van der Waals surface area contributed by atoms with Crippen LogP contribution in [0.1, 0.15) is 11.1 Å². The largest absolute Gasteiger partial charge is 0.398 e. The van der Waals surface area contributed by atoms with Gasteiger partial charge in [-0.25, -0.2) is 0 Å². The van der Waals surface area contributed by atoms with Gasteiger partial charge in [0, 0.05) is 15.5 Å². The number of nitrogen functional groups attached to an aromatic ring is 1. The van der Waals surface area contributed by atoms with Crippen molar-refractivity contribution in [2.75, 3.05) is 5.73 Å². The molecule has 0 spiro atoms. The minimum atomic E-state index is 0.529. The lowest BCUT2D eigenvalue weighted by Gasteiger charge is -2.06. The highest BCUT2D eigenvalue weighted by atomic mass is 32.2. The van der Waals surface area contributed by atoms with Crippen molar-refractivity contribution in [2.24, 2.45) is 0 Å². The third-order valence-corrected chi connectivity index (χ3v) is 3.63. The monoisotopic (exact) mass is 240 g/mol. The number of hydrogen-bond acceptors (Lipinski definition) is 3. The van der Waals surface area contributed by atoms with Gasteiger partial charge in [0.1, 0.15) is 6.07 Å². The minimum Gasteiger partial charge on any atom is -0.398 e. The summed E-state index contributed by atoms with van der Waals surface area (Å²) in [6, 6.07) is 15.8. The number of hydrogen-bond donors (Lipinski definition) is 1. The zero-order chi connectivity index (χ0) is 12.3. The Morgan fingerprint density at radius 2 is 1.94 bits per heavy atom. The average Bonchev–Trinajstić information content (AvgIpc) is 2.34. The lowest BCUT2D eigenvalue weighted by molar-refractivity contribution is 1.29. The average molecular weight is 240 g/mol. The summed E-state index contributed by atoms with van der Waals surface area (Å²) < 4.78 is 0. The van der Waals surface area contributed by atoms with Crippen LogP contribution in [0.25, 0.3) is 0 Å². The van der Waals surface area contributed by atoms with Crippen LogP contribution in [0, 0.1) is 18.3 Å². The molecule has 2 aromatic rings. The molecule has 2 rings (SSSR count). The molecule has 0 aliphatic rings.